The molecule has 0 unspecified atom stereocenters. The molecule has 0 fully saturated rings. The quantitative estimate of drug-likeness (QED) is 0.438. The van der Waals surface area contributed by atoms with Crippen molar-refractivity contribution >= 4 is 0 Å². The zero-order valence-electron chi connectivity index (χ0n) is 7.53. The maximum Gasteiger partial charge on any atom is 0.0261 e. The molecule has 0 aliphatic rings. The van der Waals surface area contributed by atoms with Crippen molar-refractivity contribution in [3.8, 4) is 0 Å². The smallest absolute Gasteiger partial charge is 0.0261 e. The fraction of sp³-hybridized carbons (Fsp3) is 0.600. The maximum absolute atomic E-state index is 3.76. The topological polar surface area (TPSA) is 12.0 Å². The molecule has 0 aromatic rings. The van der Waals surface area contributed by atoms with E-state index in [0.717, 1.165) is 12.2 Å². The van der Waals surface area contributed by atoms with Gasteiger partial charge in [-0.15, -0.1) is 0 Å². The van der Waals surface area contributed by atoms with Gasteiger partial charge >= 0.3 is 0 Å². The average molecular weight is 153 g/mol. The van der Waals surface area contributed by atoms with E-state index in [-0.39, 0.29) is 0 Å². The van der Waals surface area contributed by atoms with Crippen molar-refractivity contribution in [2.75, 3.05) is 6.54 Å². The van der Waals surface area contributed by atoms with Crippen molar-refractivity contribution in [1.29, 1.82) is 0 Å². The van der Waals surface area contributed by atoms with Gasteiger partial charge in [-0.1, -0.05) is 39.3 Å². The van der Waals surface area contributed by atoms with Crippen LogP contribution >= 0.6 is 0 Å². The number of allylic oxidation sites excluding steroid dienone is 1. The molecule has 0 spiro atoms. The van der Waals surface area contributed by atoms with Gasteiger partial charge in [0.15, 0.2) is 0 Å². The predicted octanol–water partition coefficient (Wildman–Crippen LogP) is 2.86. The minimum absolute atomic E-state index is 0.932. The summed E-state index contributed by atoms with van der Waals surface area (Å²) in [7, 11) is 0. The van der Waals surface area contributed by atoms with Gasteiger partial charge in [0.25, 0.3) is 0 Å². The number of hydrogen-bond donors (Lipinski definition) is 1. The minimum atomic E-state index is 0.932. The van der Waals surface area contributed by atoms with Gasteiger partial charge in [-0.2, -0.15) is 0 Å². The molecule has 11 heavy (non-hydrogen) atoms. The summed E-state index contributed by atoms with van der Waals surface area (Å²) >= 11 is 0. The highest BCUT2D eigenvalue weighted by Crippen LogP contribution is 1.97. The van der Waals surface area contributed by atoms with Gasteiger partial charge in [-0.05, 0) is 12.5 Å². The summed E-state index contributed by atoms with van der Waals surface area (Å²) in [5, 5.41) is 3.18. The van der Waals surface area contributed by atoms with Crippen LogP contribution in [0.2, 0.25) is 0 Å². The first-order valence-corrected chi connectivity index (χ1v) is 4.36. The molecular weight excluding hydrogens is 134 g/mol. The van der Waals surface area contributed by atoms with Crippen LogP contribution in [0.25, 0.3) is 0 Å². The third-order valence-electron chi connectivity index (χ3n) is 1.63. The Morgan fingerprint density at radius 2 is 2.09 bits per heavy atom. The Hall–Kier alpha value is -0.720. The fourth-order valence-corrected chi connectivity index (χ4v) is 0.873. The molecule has 0 aliphatic heterocycles. The molecule has 0 aliphatic carbocycles. The summed E-state index contributed by atoms with van der Waals surface area (Å²) in [6.45, 7) is 10.6. The Balaban J connectivity index is 3.01. The van der Waals surface area contributed by atoms with Crippen molar-refractivity contribution < 1.29 is 0 Å². The van der Waals surface area contributed by atoms with E-state index in [1.54, 1.807) is 6.08 Å². The van der Waals surface area contributed by atoms with Gasteiger partial charge < -0.3 is 5.32 Å². The van der Waals surface area contributed by atoms with Crippen molar-refractivity contribution in [2.45, 2.75) is 32.6 Å². The molecule has 0 saturated carbocycles. The molecule has 0 heterocycles. The lowest BCUT2D eigenvalue weighted by Gasteiger charge is -2.03. The van der Waals surface area contributed by atoms with E-state index in [0.29, 0.717) is 0 Å². The Morgan fingerprint density at radius 3 is 2.64 bits per heavy atom. The van der Waals surface area contributed by atoms with Gasteiger partial charge in [-0.3, -0.25) is 0 Å². The SMILES string of the molecule is C=CC(=C)NCCCCCC. The van der Waals surface area contributed by atoms with Gasteiger partial charge in [0.1, 0.15) is 0 Å². The monoisotopic (exact) mass is 153 g/mol. The van der Waals surface area contributed by atoms with E-state index in [2.05, 4.69) is 25.4 Å². The Labute approximate surface area is 70.2 Å². The van der Waals surface area contributed by atoms with Gasteiger partial charge in [0.05, 0.1) is 0 Å². The molecule has 1 heteroatoms. The Morgan fingerprint density at radius 1 is 1.36 bits per heavy atom. The van der Waals surface area contributed by atoms with Crippen LogP contribution < -0.4 is 5.32 Å². The Bertz CT molecular complexity index is 116. The molecule has 64 valence electrons. The summed E-state index contributed by atoms with van der Waals surface area (Å²) in [6, 6.07) is 0. The lowest BCUT2D eigenvalue weighted by Crippen LogP contribution is -2.11. The first-order chi connectivity index (χ1) is 5.31. The second-order valence-electron chi connectivity index (χ2n) is 2.72. The van der Waals surface area contributed by atoms with Gasteiger partial charge in [0.2, 0.25) is 0 Å². The molecule has 0 aromatic heterocycles. The normalized spacial score (nSPS) is 9.18. The van der Waals surface area contributed by atoms with Gasteiger partial charge in [0, 0.05) is 12.2 Å². The van der Waals surface area contributed by atoms with E-state index >= 15 is 0 Å². The van der Waals surface area contributed by atoms with Crippen molar-refractivity contribution in [3.05, 3.63) is 24.9 Å². The lowest BCUT2D eigenvalue weighted by molar-refractivity contribution is 0.640. The summed E-state index contributed by atoms with van der Waals surface area (Å²) in [5.74, 6) is 0. The second kappa shape index (κ2) is 7.39. The van der Waals surface area contributed by atoms with Crippen LogP contribution in [0.4, 0.5) is 0 Å². The largest absolute Gasteiger partial charge is 0.386 e. The van der Waals surface area contributed by atoms with Crippen LogP contribution in [-0.4, -0.2) is 6.54 Å². The Kier molecular flexibility index (Phi) is 6.90. The van der Waals surface area contributed by atoms with E-state index < -0.39 is 0 Å². The highest BCUT2D eigenvalue weighted by atomic mass is 14.9. The molecule has 0 radical (unpaired) electrons. The standard InChI is InChI=1S/C10H19N/c1-4-6-7-8-9-11-10(3)5-2/h5,11H,2-4,6-9H2,1H3. The van der Waals surface area contributed by atoms with Crippen LogP contribution in [0.5, 0.6) is 0 Å². The van der Waals surface area contributed by atoms with Crippen molar-refractivity contribution in [1.82, 2.24) is 5.32 Å². The number of hydrogen-bond acceptors (Lipinski definition) is 1. The van der Waals surface area contributed by atoms with E-state index in [1.165, 1.54) is 25.7 Å². The molecule has 1 nitrogen and oxygen atoms in total. The molecule has 0 saturated heterocycles. The highest BCUT2D eigenvalue weighted by Gasteiger charge is 1.87. The van der Waals surface area contributed by atoms with Crippen LogP contribution in [-0.2, 0) is 0 Å². The average Bonchev–Trinajstić information content (AvgIpc) is 2.04. The summed E-state index contributed by atoms with van der Waals surface area (Å²) < 4.78 is 0. The van der Waals surface area contributed by atoms with Crippen LogP contribution in [0.3, 0.4) is 0 Å². The molecule has 0 bridgehead atoms. The molecule has 0 aromatic carbocycles. The first-order valence-electron chi connectivity index (χ1n) is 4.36. The third kappa shape index (κ3) is 7.17. The maximum atomic E-state index is 3.76. The lowest BCUT2D eigenvalue weighted by atomic mass is 10.2. The highest BCUT2D eigenvalue weighted by molar-refractivity contribution is 5.07. The number of rotatable bonds is 7. The van der Waals surface area contributed by atoms with Crippen molar-refractivity contribution in [3.63, 3.8) is 0 Å². The minimum Gasteiger partial charge on any atom is -0.386 e. The molecular formula is C10H19N. The van der Waals surface area contributed by atoms with Crippen molar-refractivity contribution in [2.24, 2.45) is 0 Å². The summed E-state index contributed by atoms with van der Waals surface area (Å²) in [6.07, 6.45) is 6.93. The number of unbranched alkanes of at least 4 members (excludes halogenated alkanes) is 3. The van der Waals surface area contributed by atoms with Crippen LogP contribution in [0.15, 0.2) is 24.9 Å². The molecule has 0 amide bonds. The molecule has 0 atom stereocenters. The summed E-state index contributed by atoms with van der Waals surface area (Å²) in [4.78, 5) is 0. The van der Waals surface area contributed by atoms with E-state index in [4.69, 9.17) is 0 Å². The molecule has 0 rings (SSSR count). The van der Waals surface area contributed by atoms with Crippen LogP contribution in [0.1, 0.15) is 32.6 Å². The zero-order valence-corrected chi connectivity index (χ0v) is 7.53. The van der Waals surface area contributed by atoms with E-state index in [9.17, 15) is 0 Å². The fourth-order valence-electron chi connectivity index (χ4n) is 0.873. The predicted molar refractivity (Wildman–Crippen MR) is 51.5 cm³/mol. The molecule has 1 N–H and O–H groups in total. The van der Waals surface area contributed by atoms with Gasteiger partial charge in [-0.25, -0.2) is 0 Å². The first kappa shape index (κ1) is 10.3. The third-order valence-corrected chi connectivity index (χ3v) is 1.63. The second-order valence-corrected chi connectivity index (χ2v) is 2.72. The van der Waals surface area contributed by atoms with E-state index in [1.807, 2.05) is 0 Å². The van der Waals surface area contributed by atoms with Crippen LogP contribution in [0, 0.1) is 0 Å². The zero-order chi connectivity index (χ0) is 8.53. The number of nitrogens with one attached hydrogen (secondary N) is 1. The summed E-state index contributed by atoms with van der Waals surface area (Å²) in [5.41, 5.74) is 0.932.